The Labute approximate surface area is 93.6 Å². The van der Waals surface area contributed by atoms with Crippen LogP contribution in [0.25, 0.3) is 0 Å². The van der Waals surface area contributed by atoms with E-state index in [0.717, 1.165) is 19.4 Å². The van der Waals surface area contributed by atoms with E-state index in [1.165, 1.54) is 12.8 Å². The number of nitrogens with one attached hydrogen (secondary N) is 1. The Bertz CT molecular complexity index is 274. The summed E-state index contributed by atoms with van der Waals surface area (Å²) in [5.41, 5.74) is 0. The fourth-order valence-corrected chi connectivity index (χ4v) is 3.82. The molecule has 0 aromatic rings. The Hall–Kier alpha value is -0.0900. The molecule has 15 heavy (non-hydrogen) atoms. The van der Waals surface area contributed by atoms with Gasteiger partial charge in [-0.05, 0) is 31.7 Å². The highest BCUT2D eigenvalue weighted by Crippen LogP contribution is 2.13. The van der Waals surface area contributed by atoms with Gasteiger partial charge in [-0.25, -0.2) is 8.42 Å². The summed E-state index contributed by atoms with van der Waals surface area (Å²) in [6.45, 7) is 5.35. The van der Waals surface area contributed by atoms with Crippen molar-refractivity contribution in [3.8, 4) is 0 Å². The number of hydrogen-bond acceptors (Lipinski definition) is 3. The summed E-state index contributed by atoms with van der Waals surface area (Å²) in [4.78, 5) is 0. The van der Waals surface area contributed by atoms with Gasteiger partial charge in [-0.15, -0.1) is 0 Å². The Morgan fingerprint density at radius 1 is 1.47 bits per heavy atom. The van der Waals surface area contributed by atoms with Crippen LogP contribution in [0.2, 0.25) is 0 Å². The lowest BCUT2D eigenvalue weighted by atomic mass is 10.1. The smallest absolute Gasteiger partial charge is 0.151 e. The molecule has 2 unspecified atom stereocenters. The molecule has 90 valence electrons. The Kier molecular flexibility index (Phi) is 5.06. The molecule has 1 rings (SSSR count). The fourth-order valence-electron chi connectivity index (χ4n) is 2.15. The second-order valence-electron chi connectivity index (χ2n) is 4.76. The van der Waals surface area contributed by atoms with Crippen LogP contribution in [0.15, 0.2) is 0 Å². The van der Waals surface area contributed by atoms with Gasteiger partial charge < -0.3 is 5.32 Å². The van der Waals surface area contributed by atoms with Crippen LogP contribution in [0, 0.1) is 5.92 Å². The first-order valence-corrected chi connectivity index (χ1v) is 7.79. The predicted molar refractivity (Wildman–Crippen MR) is 63.8 cm³/mol. The molecule has 1 aliphatic rings. The van der Waals surface area contributed by atoms with Gasteiger partial charge in [0.2, 0.25) is 0 Å². The summed E-state index contributed by atoms with van der Waals surface area (Å²) in [6.07, 6.45) is 4.25. The zero-order valence-corrected chi connectivity index (χ0v) is 10.6. The highest BCUT2D eigenvalue weighted by molar-refractivity contribution is 7.91. The largest absolute Gasteiger partial charge is 0.313 e. The summed E-state index contributed by atoms with van der Waals surface area (Å²) in [7, 11) is -2.75. The number of rotatable bonds is 5. The maximum absolute atomic E-state index is 11.4. The third-order valence-corrected chi connectivity index (χ3v) is 4.82. The van der Waals surface area contributed by atoms with Gasteiger partial charge in [-0.1, -0.05) is 20.3 Å². The zero-order valence-electron chi connectivity index (χ0n) is 9.83. The number of sulfone groups is 1. The van der Waals surface area contributed by atoms with Crippen molar-refractivity contribution in [2.45, 2.75) is 45.6 Å². The molecular weight excluding hydrogens is 210 g/mol. The van der Waals surface area contributed by atoms with Gasteiger partial charge in [0.15, 0.2) is 9.84 Å². The van der Waals surface area contributed by atoms with Gasteiger partial charge in [0.25, 0.3) is 0 Å². The van der Waals surface area contributed by atoms with E-state index in [1.807, 2.05) is 0 Å². The standard InChI is InChI=1S/C11H23NO2S/c1-3-5-10(2)8-12-11-6-4-7-15(13,14)9-11/h10-12H,3-9H2,1-2H3. The second-order valence-corrected chi connectivity index (χ2v) is 6.98. The van der Waals surface area contributed by atoms with Crippen molar-refractivity contribution in [2.24, 2.45) is 5.92 Å². The lowest BCUT2D eigenvalue weighted by molar-refractivity contribution is 0.416. The van der Waals surface area contributed by atoms with Gasteiger partial charge >= 0.3 is 0 Å². The first-order chi connectivity index (χ1) is 7.03. The number of hydrogen-bond donors (Lipinski definition) is 1. The molecule has 3 nitrogen and oxygen atoms in total. The minimum Gasteiger partial charge on any atom is -0.313 e. The molecule has 0 aromatic carbocycles. The van der Waals surface area contributed by atoms with E-state index in [-0.39, 0.29) is 6.04 Å². The van der Waals surface area contributed by atoms with Crippen LogP contribution in [0.4, 0.5) is 0 Å². The highest BCUT2D eigenvalue weighted by Gasteiger charge is 2.24. The molecule has 0 spiro atoms. The molecule has 0 saturated carbocycles. The fraction of sp³-hybridized carbons (Fsp3) is 1.00. The molecule has 2 atom stereocenters. The normalized spacial score (nSPS) is 27.5. The third kappa shape index (κ3) is 4.98. The van der Waals surface area contributed by atoms with Crippen LogP contribution in [0.5, 0.6) is 0 Å². The summed E-state index contributed by atoms with van der Waals surface area (Å²) >= 11 is 0. The third-order valence-electron chi connectivity index (χ3n) is 3.00. The van der Waals surface area contributed by atoms with Gasteiger partial charge in [0.1, 0.15) is 0 Å². The average molecular weight is 233 g/mol. The van der Waals surface area contributed by atoms with Crippen molar-refractivity contribution in [3.63, 3.8) is 0 Å². The van der Waals surface area contributed by atoms with E-state index in [1.54, 1.807) is 0 Å². The van der Waals surface area contributed by atoms with Crippen LogP contribution < -0.4 is 5.32 Å². The van der Waals surface area contributed by atoms with Crippen LogP contribution in [-0.4, -0.2) is 32.5 Å². The molecule has 1 N–H and O–H groups in total. The molecule has 1 heterocycles. The molecular formula is C11H23NO2S. The van der Waals surface area contributed by atoms with Crippen molar-refractivity contribution < 1.29 is 8.42 Å². The summed E-state index contributed by atoms with van der Waals surface area (Å²) < 4.78 is 22.8. The highest BCUT2D eigenvalue weighted by atomic mass is 32.2. The maximum atomic E-state index is 11.4. The second kappa shape index (κ2) is 5.85. The van der Waals surface area contributed by atoms with Gasteiger partial charge in [0, 0.05) is 6.04 Å². The monoisotopic (exact) mass is 233 g/mol. The van der Waals surface area contributed by atoms with E-state index in [4.69, 9.17) is 0 Å². The molecule has 1 saturated heterocycles. The quantitative estimate of drug-likeness (QED) is 0.784. The van der Waals surface area contributed by atoms with Crippen LogP contribution in [0.3, 0.4) is 0 Å². The first-order valence-electron chi connectivity index (χ1n) is 5.97. The first kappa shape index (κ1) is 13.0. The van der Waals surface area contributed by atoms with E-state index < -0.39 is 9.84 Å². The Morgan fingerprint density at radius 2 is 2.20 bits per heavy atom. The lowest BCUT2D eigenvalue weighted by Gasteiger charge is -2.24. The maximum Gasteiger partial charge on any atom is 0.151 e. The molecule has 0 amide bonds. The Balaban J connectivity index is 2.27. The summed E-state index contributed by atoms with van der Waals surface area (Å²) in [5, 5.41) is 3.38. The van der Waals surface area contributed by atoms with Crippen molar-refractivity contribution in [1.82, 2.24) is 5.32 Å². The predicted octanol–water partition coefficient (Wildman–Crippen LogP) is 1.59. The van der Waals surface area contributed by atoms with Gasteiger partial charge in [0.05, 0.1) is 11.5 Å². The van der Waals surface area contributed by atoms with Crippen molar-refractivity contribution in [3.05, 3.63) is 0 Å². The van der Waals surface area contributed by atoms with E-state index in [9.17, 15) is 8.42 Å². The van der Waals surface area contributed by atoms with Crippen LogP contribution in [0.1, 0.15) is 39.5 Å². The van der Waals surface area contributed by atoms with Crippen molar-refractivity contribution >= 4 is 9.84 Å². The SMILES string of the molecule is CCCC(C)CNC1CCCS(=O)(=O)C1. The minimum atomic E-state index is -2.75. The molecule has 0 aromatic heterocycles. The van der Waals surface area contributed by atoms with Gasteiger partial charge in [-0.2, -0.15) is 0 Å². The Morgan fingerprint density at radius 3 is 2.80 bits per heavy atom. The summed E-state index contributed by atoms with van der Waals surface area (Å²) in [6, 6.07) is 0.197. The van der Waals surface area contributed by atoms with Crippen molar-refractivity contribution in [1.29, 1.82) is 0 Å². The van der Waals surface area contributed by atoms with E-state index in [0.29, 0.717) is 17.4 Å². The van der Waals surface area contributed by atoms with E-state index >= 15 is 0 Å². The summed E-state index contributed by atoms with van der Waals surface area (Å²) in [5.74, 6) is 1.38. The van der Waals surface area contributed by atoms with Crippen LogP contribution >= 0.6 is 0 Å². The average Bonchev–Trinajstić information content (AvgIpc) is 2.14. The molecule has 0 radical (unpaired) electrons. The van der Waals surface area contributed by atoms with E-state index in [2.05, 4.69) is 19.2 Å². The van der Waals surface area contributed by atoms with Crippen LogP contribution in [-0.2, 0) is 9.84 Å². The molecule has 0 aliphatic carbocycles. The molecule has 4 heteroatoms. The van der Waals surface area contributed by atoms with Crippen molar-refractivity contribution in [2.75, 3.05) is 18.1 Å². The van der Waals surface area contributed by atoms with Gasteiger partial charge in [-0.3, -0.25) is 0 Å². The lowest BCUT2D eigenvalue weighted by Crippen LogP contribution is -2.41. The minimum absolute atomic E-state index is 0.197. The zero-order chi connectivity index (χ0) is 11.3. The molecule has 1 aliphatic heterocycles. The molecule has 0 bridgehead atoms. The molecule has 1 fully saturated rings. The topological polar surface area (TPSA) is 46.2 Å².